The normalized spacial score (nSPS) is 10.5. The molecule has 8 nitrogen and oxygen atoms in total. The van der Waals surface area contributed by atoms with E-state index in [1.54, 1.807) is 24.3 Å². The van der Waals surface area contributed by atoms with Crippen LogP contribution in [-0.2, 0) is 0 Å². The first-order valence-electron chi connectivity index (χ1n) is 9.42. The van der Waals surface area contributed by atoms with Gasteiger partial charge in [0.05, 0.1) is 30.0 Å². The molecule has 4 rings (SSSR count). The van der Waals surface area contributed by atoms with Crippen LogP contribution in [0.15, 0.2) is 67.1 Å². The van der Waals surface area contributed by atoms with E-state index < -0.39 is 23.5 Å². The van der Waals surface area contributed by atoms with Gasteiger partial charge >= 0.3 is 12.0 Å². The Labute approximate surface area is 185 Å². The Hall–Kier alpha value is -4.67. The van der Waals surface area contributed by atoms with Crippen LogP contribution in [0.2, 0.25) is 0 Å². The molecule has 0 aliphatic rings. The van der Waals surface area contributed by atoms with Gasteiger partial charge in [-0.2, -0.15) is 0 Å². The van der Waals surface area contributed by atoms with Crippen LogP contribution < -0.4 is 21.1 Å². The van der Waals surface area contributed by atoms with Crippen LogP contribution >= 0.6 is 0 Å². The van der Waals surface area contributed by atoms with Gasteiger partial charge in [0.15, 0.2) is 0 Å². The number of benzene rings is 2. The molecule has 0 aliphatic carbocycles. The third-order valence-electron chi connectivity index (χ3n) is 4.32. The molecule has 0 saturated heterocycles. The van der Waals surface area contributed by atoms with E-state index in [2.05, 4.69) is 25.6 Å². The van der Waals surface area contributed by atoms with Crippen molar-refractivity contribution >= 4 is 23.2 Å². The van der Waals surface area contributed by atoms with Crippen molar-refractivity contribution in [2.45, 2.75) is 0 Å². The van der Waals surface area contributed by atoms with Gasteiger partial charge in [-0.25, -0.2) is 32.9 Å². The number of nitrogens with one attached hydrogen (secondary N) is 2. The van der Waals surface area contributed by atoms with Crippen molar-refractivity contribution < 1.29 is 22.7 Å². The number of pyridine rings is 1. The molecule has 0 fully saturated rings. The molecule has 2 amide bonds. The van der Waals surface area contributed by atoms with Gasteiger partial charge in [0, 0.05) is 11.6 Å². The highest BCUT2D eigenvalue weighted by Crippen LogP contribution is 2.28. The van der Waals surface area contributed by atoms with Crippen molar-refractivity contribution in [2.75, 3.05) is 16.4 Å². The van der Waals surface area contributed by atoms with Crippen LogP contribution in [0.5, 0.6) is 11.8 Å². The number of anilines is 3. The Bertz CT molecular complexity index is 1300. The third-order valence-corrected chi connectivity index (χ3v) is 4.32. The number of hydrogen-bond acceptors (Lipinski definition) is 6. The molecule has 2 heterocycles. The van der Waals surface area contributed by atoms with Gasteiger partial charge in [0.1, 0.15) is 29.0 Å². The topological polar surface area (TPSA) is 115 Å². The molecular formula is C22H15F3N6O2. The minimum atomic E-state index is -0.910. The number of urea groups is 1. The van der Waals surface area contributed by atoms with Crippen LogP contribution in [0.25, 0.3) is 11.1 Å². The number of carbonyl (C=O) groups is 1. The summed E-state index contributed by atoms with van der Waals surface area (Å²) in [7, 11) is 0. The Morgan fingerprint density at radius 2 is 1.58 bits per heavy atom. The maximum atomic E-state index is 13.6. The van der Waals surface area contributed by atoms with Crippen LogP contribution in [0.1, 0.15) is 0 Å². The first-order valence-corrected chi connectivity index (χ1v) is 9.42. The fourth-order valence-corrected chi connectivity index (χ4v) is 2.80. The monoisotopic (exact) mass is 452 g/mol. The third kappa shape index (κ3) is 5.34. The van der Waals surface area contributed by atoms with E-state index in [-0.39, 0.29) is 23.2 Å². The first-order chi connectivity index (χ1) is 15.9. The minimum Gasteiger partial charge on any atom is -0.424 e. The number of ether oxygens (including phenoxy) is 1. The summed E-state index contributed by atoms with van der Waals surface area (Å²) in [6, 6.07) is 9.90. The maximum Gasteiger partial charge on any atom is 0.323 e. The Morgan fingerprint density at radius 1 is 0.848 bits per heavy atom. The van der Waals surface area contributed by atoms with Crippen molar-refractivity contribution in [1.29, 1.82) is 0 Å². The number of aromatic nitrogens is 3. The largest absolute Gasteiger partial charge is 0.424 e. The highest BCUT2D eigenvalue weighted by atomic mass is 19.1. The molecule has 11 heteroatoms. The lowest BCUT2D eigenvalue weighted by molar-refractivity contribution is 0.262. The number of carbonyl (C=O) groups excluding carboxylic acids is 1. The second-order valence-electron chi connectivity index (χ2n) is 6.67. The van der Waals surface area contributed by atoms with Gasteiger partial charge in [0.25, 0.3) is 0 Å². The lowest BCUT2D eigenvalue weighted by Crippen LogP contribution is -2.20. The maximum absolute atomic E-state index is 13.6. The summed E-state index contributed by atoms with van der Waals surface area (Å²) in [5.74, 6) is -1.56. The quantitative estimate of drug-likeness (QED) is 0.394. The molecule has 2 aromatic heterocycles. The summed E-state index contributed by atoms with van der Waals surface area (Å²) in [5, 5.41) is 4.67. The molecule has 2 aromatic carbocycles. The van der Waals surface area contributed by atoms with Gasteiger partial charge in [-0.05, 0) is 35.9 Å². The zero-order valence-electron chi connectivity index (χ0n) is 16.7. The Morgan fingerprint density at radius 3 is 2.27 bits per heavy atom. The van der Waals surface area contributed by atoms with Gasteiger partial charge in [-0.3, -0.25) is 0 Å². The standard InChI is InChI=1S/C22H15F3N6O2/c23-13-3-6-19(18(25)8-13)31-21(32)30-15-10-28-22(29-11-15)33-16-4-1-12(2-5-16)17-7-14(24)9-27-20(17)26/h1-11H,(H2,26,27)(H2,30,31,32). The molecule has 33 heavy (non-hydrogen) atoms. The van der Waals surface area contributed by atoms with E-state index in [0.717, 1.165) is 18.3 Å². The number of halogens is 3. The van der Waals surface area contributed by atoms with Gasteiger partial charge in [-0.1, -0.05) is 12.1 Å². The van der Waals surface area contributed by atoms with E-state index in [4.69, 9.17) is 10.5 Å². The van der Waals surface area contributed by atoms with Crippen molar-refractivity contribution in [3.8, 4) is 22.9 Å². The number of rotatable bonds is 5. The second kappa shape index (κ2) is 9.22. The summed E-state index contributed by atoms with van der Waals surface area (Å²) in [4.78, 5) is 23.8. The van der Waals surface area contributed by atoms with Crippen molar-refractivity contribution in [2.24, 2.45) is 0 Å². The van der Waals surface area contributed by atoms with E-state index in [0.29, 0.717) is 22.9 Å². The lowest BCUT2D eigenvalue weighted by Gasteiger charge is -2.09. The number of hydrogen-bond donors (Lipinski definition) is 3. The van der Waals surface area contributed by atoms with Gasteiger partial charge in [0.2, 0.25) is 0 Å². The highest BCUT2D eigenvalue weighted by Gasteiger charge is 2.10. The summed E-state index contributed by atoms with van der Waals surface area (Å²) in [6.45, 7) is 0. The fourth-order valence-electron chi connectivity index (χ4n) is 2.80. The number of nitrogen functional groups attached to an aromatic ring is 1. The van der Waals surface area contributed by atoms with Gasteiger partial charge in [-0.15, -0.1) is 0 Å². The molecule has 0 unspecified atom stereocenters. The summed E-state index contributed by atoms with van der Waals surface area (Å²) < 4.78 is 45.5. The molecule has 0 atom stereocenters. The summed E-state index contributed by atoms with van der Waals surface area (Å²) >= 11 is 0. The molecule has 0 saturated carbocycles. The van der Waals surface area contributed by atoms with Crippen molar-refractivity contribution in [3.05, 3.63) is 84.6 Å². The Kier molecular flexibility index (Phi) is 6.02. The van der Waals surface area contributed by atoms with Crippen LogP contribution in [0, 0.1) is 17.5 Å². The molecule has 166 valence electrons. The molecular weight excluding hydrogens is 437 g/mol. The molecule has 0 spiro atoms. The van der Waals surface area contributed by atoms with Crippen LogP contribution in [0.4, 0.5) is 35.2 Å². The average molecular weight is 452 g/mol. The first kappa shape index (κ1) is 21.6. The second-order valence-corrected chi connectivity index (χ2v) is 6.67. The molecule has 4 aromatic rings. The predicted molar refractivity (Wildman–Crippen MR) is 115 cm³/mol. The van der Waals surface area contributed by atoms with E-state index in [1.165, 1.54) is 18.5 Å². The molecule has 0 aliphatic heterocycles. The molecule has 0 bridgehead atoms. The van der Waals surface area contributed by atoms with Gasteiger partial charge < -0.3 is 21.1 Å². The number of nitrogens with zero attached hydrogens (tertiary/aromatic N) is 3. The van der Waals surface area contributed by atoms with Crippen LogP contribution in [0.3, 0.4) is 0 Å². The van der Waals surface area contributed by atoms with E-state index in [9.17, 15) is 18.0 Å². The van der Waals surface area contributed by atoms with Crippen molar-refractivity contribution in [1.82, 2.24) is 15.0 Å². The lowest BCUT2D eigenvalue weighted by atomic mass is 10.1. The fraction of sp³-hybridized carbons (Fsp3) is 0. The Balaban J connectivity index is 1.37. The van der Waals surface area contributed by atoms with Crippen LogP contribution in [-0.4, -0.2) is 21.0 Å². The van der Waals surface area contributed by atoms with E-state index in [1.807, 2.05) is 0 Å². The minimum absolute atomic E-state index is 0.00484. The predicted octanol–water partition coefficient (Wildman–Crippen LogP) is 4.97. The zero-order valence-corrected chi connectivity index (χ0v) is 16.7. The van der Waals surface area contributed by atoms with E-state index >= 15 is 0 Å². The smallest absolute Gasteiger partial charge is 0.323 e. The highest BCUT2D eigenvalue weighted by molar-refractivity contribution is 5.99. The zero-order chi connectivity index (χ0) is 23.4. The van der Waals surface area contributed by atoms with Crippen molar-refractivity contribution in [3.63, 3.8) is 0 Å². The number of nitrogens with two attached hydrogens (primary N) is 1. The summed E-state index contributed by atoms with van der Waals surface area (Å²) in [5.41, 5.74) is 6.92. The number of amides is 2. The molecule has 0 radical (unpaired) electrons. The SMILES string of the molecule is Nc1ncc(F)cc1-c1ccc(Oc2ncc(NC(=O)Nc3ccc(F)cc3F)cn2)cc1. The molecule has 4 N–H and O–H groups in total. The average Bonchev–Trinajstić information content (AvgIpc) is 2.79. The summed E-state index contributed by atoms with van der Waals surface area (Å²) in [6.07, 6.45) is 3.61.